The highest BCUT2D eigenvalue weighted by Crippen LogP contribution is 2.26. The van der Waals surface area contributed by atoms with E-state index in [1.165, 1.54) is 0 Å². The van der Waals surface area contributed by atoms with Crippen LogP contribution < -0.4 is 0 Å². The summed E-state index contributed by atoms with van der Waals surface area (Å²) in [5.74, 6) is -0.364. The second-order valence-corrected chi connectivity index (χ2v) is 8.70. The Bertz CT molecular complexity index is 1190. The summed E-state index contributed by atoms with van der Waals surface area (Å²) in [6.45, 7) is 2.50. The number of aryl methyl sites for hydroxylation is 1. The van der Waals surface area contributed by atoms with Gasteiger partial charge in [0.05, 0.1) is 12.1 Å². The molecular formula is C29H30N2O4. The second kappa shape index (κ2) is 11.5. The Kier molecular flexibility index (Phi) is 7.93. The molecule has 1 atom stereocenters. The standard InChI is InChI=1S/C29H30N2O4/c1-2-3-13-27-30-35-26(19-16-21-9-5-4-6-10-21)28(32)31(27)20-22-14-17-23(18-15-22)24-11-7-8-12-25(24)29(33)34/h4-12,14-15,17-18,26H,2-3,13,16,19-20H2,1H3,(H,33,34). The summed E-state index contributed by atoms with van der Waals surface area (Å²) >= 11 is 0. The summed E-state index contributed by atoms with van der Waals surface area (Å²) in [7, 11) is 0. The first-order valence-corrected chi connectivity index (χ1v) is 12.1. The minimum atomic E-state index is -0.957. The number of rotatable bonds is 10. The summed E-state index contributed by atoms with van der Waals surface area (Å²) in [6, 6.07) is 24.7. The molecule has 0 aliphatic carbocycles. The number of aromatic carboxylic acids is 1. The average Bonchev–Trinajstić information content (AvgIpc) is 2.89. The highest BCUT2D eigenvalue weighted by Gasteiger charge is 2.33. The fourth-order valence-corrected chi connectivity index (χ4v) is 4.22. The second-order valence-electron chi connectivity index (χ2n) is 8.70. The molecule has 0 fully saturated rings. The molecule has 0 aromatic heterocycles. The maximum Gasteiger partial charge on any atom is 0.336 e. The zero-order chi connectivity index (χ0) is 24.6. The molecule has 3 aromatic carbocycles. The van der Waals surface area contributed by atoms with E-state index in [4.69, 9.17) is 4.84 Å². The van der Waals surface area contributed by atoms with Crippen molar-refractivity contribution < 1.29 is 19.5 Å². The van der Waals surface area contributed by atoms with E-state index in [0.717, 1.165) is 36.0 Å². The molecule has 0 spiro atoms. The molecule has 1 N–H and O–H groups in total. The van der Waals surface area contributed by atoms with Crippen molar-refractivity contribution in [2.45, 2.75) is 51.7 Å². The Morgan fingerprint density at radius 3 is 2.37 bits per heavy atom. The molecule has 1 amide bonds. The summed E-state index contributed by atoms with van der Waals surface area (Å²) in [5, 5.41) is 13.8. The third-order valence-electron chi connectivity index (χ3n) is 6.19. The number of hydrogen-bond donors (Lipinski definition) is 1. The fourth-order valence-electron chi connectivity index (χ4n) is 4.22. The maximum atomic E-state index is 13.4. The molecule has 3 aromatic rings. The van der Waals surface area contributed by atoms with Crippen LogP contribution in [0, 0.1) is 0 Å². The molecule has 6 nitrogen and oxygen atoms in total. The highest BCUT2D eigenvalue weighted by molar-refractivity contribution is 6.01. The van der Waals surface area contributed by atoms with Crippen LogP contribution in [0.15, 0.2) is 84.0 Å². The van der Waals surface area contributed by atoms with Gasteiger partial charge >= 0.3 is 5.97 Å². The van der Waals surface area contributed by atoms with Crippen molar-refractivity contribution in [3.05, 3.63) is 95.6 Å². The number of hydrogen-bond acceptors (Lipinski definition) is 4. The summed E-state index contributed by atoms with van der Waals surface area (Å²) < 4.78 is 0. The minimum absolute atomic E-state index is 0.0673. The zero-order valence-electron chi connectivity index (χ0n) is 19.9. The first-order valence-electron chi connectivity index (χ1n) is 12.1. The van der Waals surface area contributed by atoms with Crippen LogP contribution in [0.25, 0.3) is 11.1 Å². The number of oxime groups is 1. The number of carboxylic acids is 1. The number of unbranched alkanes of at least 4 members (excludes halogenated alkanes) is 1. The fraction of sp³-hybridized carbons (Fsp3) is 0.276. The van der Waals surface area contributed by atoms with Gasteiger partial charge in [0.15, 0.2) is 5.84 Å². The summed E-state index contributed by atoms with van der Waals surface area (Å²) in [5.41, 5.74) is 3.86. The Labute approximate surface area is 205 Å². The molecule has 1 heterocycles. The number of carbonyl (C=O) groups excluding carboxylic acids is 1. The van der Waals surface area contributed by atoms with Crippen LogP contribution in [0.3, 0.4) is 0 Å². The average molecular weight is 471 g/mol. The van der Waals surface area contributed by atoms with E-state index in [1.54, 1.807) is 23.1 Å². The van der Waals surface area contributed by atoms with E-state index in [-0.39, 0.29) is 11.5 Å². The van der Waals surface area contributed by atoms with Gasteiger partial charge in [0.25, 0.3) is 5.91 Å². The summed E-state index contributed by atoms with van der Waals surface area (Å²) in [6.07, 6.45) is 3.29. The van der Waals surface area contributed by atoms with Gasteiger partial charge < -0.3 is 9.94 Å². The lowest BCUT2D eigenvalue weighted by Crippen LogP contribution is -2.47. The minimum Gasteiger partial charge on any atom is -0.478 e. The van der Waals surface area contributed by atoms with Crippen LogP contribution >= 0.6 is 0 Å². The van der Waals surface area contributed by atoms with Crippen molar-refractivity contribution >= 4 is 17.7 Å². The molecule has 1 aliphatic heterocycles. The Morgan fingerprint density at radius 1 is 0.943 bits per heavy atom. The van der Waals surface area contributed by atoms with Crippen molar-refractivity contribution in [1.82, 2.24) is 4.90 Å². The quantitative estimate of drug-likeness (QED) is 0.399. The van der Waals surface area contributed by atoms with E-state index in [2.05, 4.69) is 12.1 Å². The molecule has 0 saturated heterocycles. The van der Waals surface area contributed by atoms with Crippen molar-refractivity contribution in [2.24, 2.45) is 5.16 Å². The first kappa shape index (κ1) is 24.2. The van der Waals surface area contributed by atoms with Gasteiger partial charge in [-0.15, -0.1) is 0 Å². The molecule has 0 radical (unpaired) electrons. The molecule has 1 aliphatic rings. The molecule has 4 rings (SSSR count). The van der Waals surface area contributed by atoms with Crippen LogP contribution in [0.4, 0.5) is 0 Å². The normalized spacial score (nSPS) is 15.5. The van der Waals surface area contributed by atoms with Crippen molar-refractivity contribution in [2.75, 3.05) is 0 Å². The number of carbonyl (C=O) groups is 2. The maximum absolute atomic E-state index is 13.4. The summed E-state index contributed by atoms with van der Waals surface area (Å²) in [4.78, 5) is 32.4. The van der Waals surface area contributed by atoms with E-state index in [9.17, 15) is 14.7 Å². The van der Waals surface area contributed by atoms with Gasteiger partial charge in [-0.05, 0) is 41.2 Å². The van der Waals surface area contributed by atoms with Crippen molar-refractivity contribution in [3.8, 4) is 11.1 Å². The number of amidine groups is 1. The van der Waals surface area contributed by atoms with Crippen molar-refractivity contribution in [3.63, 3.8) is 0 Å². The van der Waals surface area contributed by atoms with Gasteiger partial charge in [0.2, 0.25) is 6.10 Å². The van der Waals surface area contributed by atoms with E-state index < -0.39 is 12.1 Å². The largest absolute Gasteiger partial charge is 0.478 e. The van der Waals surface area contributed by atoms with Crippen LogP contribution in [0.2, 0.25) is 0 Å². The third kappa shape index (κ3) is 5.96. The number of benzene rings is 3. The molecule has 0 saturated carbocycles. The van der Waals surface area contributed by atoms with Gasteiger partial charge in [-0.1, -0.05) is 91.3 Å². The van der Waals surface area contributed by atoms with Crippen LogP contribution in [0.1, 0.15) is 54.1 Å². The Morgan fingerprint density at radius 2 is 1.66 bits per heavy atom. The third-order valence-corrected chi connectivity index (χ3v) is 6.19. The van der Waals surface area contributed by atoms with Crippen LogP contribution in [-0.2, 0) is 22.6 Å². The molecule has 35 heavy (non-hydrogen) atoms. The smallest absolute Gasteiger partial charge is 0.336 e. The van der Waals surface area contributed by atoms with E-state index in [0.29, 0.717) is 30.8 Å². The lowest BCUT2D eigenvalue weighted by Gasteiger charge is -2.31. The monoisotopic (exact) mass is 470 g/mol. The number of nitrogens with zero attached hydrogens (tertiary/aromatic N) is 2. The van der Waals surface area contributed by atoms with Crippen LogP contribution in [-0.4, -0.2) is 33.8 Å². The molecular weight excluding hydrogens is 440 g/mol. The molecule has 1 unspecified atom stereocenters. The van der Waals surface area contributed by atoms with Gasteiger partial charge in [0.1, 0.15) is 0 Å². The van der Waals surface area contributed by atoms with Crippen molar-refractivity contribution in [1.29, 1.82) is 0 Å². The first-order chi connectivity index (χ1) is 17.1. The van der Waals surface area contributed by atoms with Crippen LogP contribution in [0.5, 0.6) is 0 Å². The number of carboxylic acid groups (broad SMARTS) is 1. The predicted octanol–water partition coefficient (Wildman–Crippen LogP) is 5.92. The predicted molar refractivity (Wildman–Crippen MR) is 136 cm³/mol. The van der Waals surface area contributed by atoms with Gasteiger partial charge in [-0.25, -0.2) is 4.79 Å². The lowest BCUT2D eigenvalue weighted by molar-refractivity contribution is -0.144. The lowest BCUT2D eigenvalue weighted by atomic mass is 9.98. The van der Waals surface area contributed by atoms with Gasteiger partial charge in [-0.2, -0.15) is 0 Å². The number of amides is 1. The van der Waals surface area contributed by atoms with E-state index in [1.807, 2.05) is 60.7 Å². The Hall–Kier alpha value is -3.93. The van der Waals surface area contributed by atoms with E-state index >= 15 is 0 Å². The molecule has 0 bridgehead atoms. The SMILES string of the molecule is CCCCC1=NOC(CCc2ccccc2)C(=O)N1Cc1ccc(-c2ccccc2C(=O)O)cc1. The Balaban J connectivity index is 1.51. The zero-order valence-corrected chi connectivity index (χ0v) is 19.9. The highest BCUT2D eigenvalue weighted by atomic mass is 16.6. The molecule has 180 valence electrons. The van der Waals surface area contributed by atoms with Gasteiger partial charge in [-0.3, -0.25) is 9.69 Å². The van der Waals surface area contributed by atoms with Gasteiger partial charge in [0, 0.05) is 12.8 Å². The topological polar surface area (TPSA) is 79.2 Å². The molecule has 6 heteroatoms.